The minimum absolute atomic E-state index is 0.139. The lowest BCUT2D eigenvalue weighted by Crippen LogP contribution is -2.41. The van der Waals surface area contributed by atoms with Crippen LogP contribution in [0.15, 0.2) is 53.6 Å². The van der Waals surface area contributed by atoms with Gasteiger partial charge in [0.1, 0.15) is 11.5 Å². The molecule has 0 N–H and O–H groups in total. The summed E-state index contributed by atoms with van der Waals surface area (Å²) >= 11 is 0. The van der Waals surface area contributed by atoms with Gasteiger partial charge in [0.15, 0.2) is 0 Å². The van der Waals surface area contributed by atoms with Gasteiger partial charge in [0, 0.05) is 32.5 Å². The molecule has 2 aromatic rings. The third-order valence-corrected chi connectivity index (χ3v) is 5.16. The predicted octanol–water partition coefficient (Wildman–Crippen LogP) is 3.41. The first-order valence-electron chi connectivity index (χ1n) is 10.5. The molecule has 0 spiro atoms. The van der Waals surface area contributed by atoms with Crippen molar-refractivity contribution < 1.29 is 14.0 Å². The van der Waals surface area contributed by atoms with Crippen LogP contribution in [0.5, 0.6) is 0 Å². The average Bonchev–Trinajstić information content (AvgIpc) is 2.75. The maximum absolute atomic E-state index is 13.1. The quantitative estimate of drug-likeness (QED) is 0.653. The Labute approximate surface area is 182 Å². The van der Waals surface area contributed by atoms with E-state index in [4.69, 9.17) is 0 Å². The number of carbonyl (C=O) groups excluding carboxylic acids is 2. The Bertz CT molecular complexity index is 939. The van der Waals surface area contributed by atoms with Crippen LogP contribution in [-0.2, 0) is 29.2 Å². The Kier molecular flexibility index (Phi) is 7.52. The van der Waals surface area contributed by atoms with Gasteiger partial charge in [0.05, 0.1) is 6.54 Å². The predicted molar refractivity (Wildman–Crippen MR) is 119 cm³/mol. The first kappa shape index (κ1) is 22.6. The number of hydrazone groups is 1. The summed E-state index contributed by atoms with van der Waals surface area (Å²) in [6.45, 7) is 4.05. The molecular formula is C24H29FN4O2. The molecule has 2 aromatic carbocycles. The van der Waals surface area contributed by atoms with E-state index in [1.165, 1.54) is 22.7 Å². The van der Waals surface area contributed by atoms with Crippen LogP contribution in [-0.4, -0.2) is 53.0 Å². The molecule has 0 radical (unpaired) electrons. The molecule has 0 saturated heterocycles. The Hall–Kier alpha value is -3.06. The monoisotopic (exact) mass is 424 g/mol. The van der Waals surface area contributed by atoms with Crippen LogP contribution in [0.1, 0.15) is 36.5 Å². The fraction of sp³-hybridized carbons (Fsp3) is 0.375. The van der Waals surface area contributed by atoms with Crippen LogP contribution in [0.3, 0.4) is 0 Å². The zero-order valence-electron chi connectivity index (χ0n) is 18.3. The lowest BCUT2D eigenvalue weighted by Gasteiger charge is -2.27. The summed E-state index contributed by atoms with van der Waals surface area (Å²) in [4.78, 5) is 29.2. The van der Waals surface area contributed by atoms with Gasteiger partial charge in [-0.25, -0.2) is 9.40 Å². The van der Waals surface area contributed by atoms with Crippen LogP contribution in [0, 0.1) is 5.82 Å². The van der Waals surface area contributed by atoms with Crippen LogP contribution in [0.25, 0.3) is 0 Å². The molecule has 0 fully saturated rings. The second-order valence-electron chi connectivity index (χ2n) is 8.00. The Morgan fingerprint density at radius 1 is 0.968 bits per heavy atom. The van der Waals surface area contributed by atoms with Crippen LogP contribution in [0.2, 0.25) is 0 Å². The summed E-state index contributed by atoms with van der Waals surface area (Å²) in [5, 5.41) is 5.66. The van der Waals surface area contributed by atoms with Gasteiger partial charge in [0.2, 0.25) is 5.91 Å². The summed E-state index contributed by atoms with van der Waals surface area (Å²) in [5.41, 5.74) is 3.41. The second-order valence-corrected chi connectivity index (χ2v) is 8.00. The summed E-state index contributed by atoms with van der Waals surface area (Å²) in [6, 6.07) is 14.2. The molecule has 31 heavy (non-hydrogen) atoms. The fourth-order valence-corrected chi connectivity index (χ4v) is 3.49. The standard InChI is InChI=1S/C24H29FN4O2/c1-4-28(16-19-7-5-18(6-8-19)15-27(2)3)24(31)22-13-14-23(30)29(26-22)17-20-9-11-21(25)12-10-20/h5-12H,4,13-17H2,1-3H3. The van der Waals surface area contributed by atoms with Crippen molar-refractivity contribution in [3.63, 3.8) is 0 Å². The van der Waals surface area contributed by atoms with Crippen LogP contribution in [0.4, 0.5) is 4.39 Å². The first-order chi connectivity index (χ1) is 14.9. The first-order valence-corrected chi connectivity index (χ1v) is 10.5. The maximum Gasteiger partial charge on any atom is 0.270 e. The van der Waals surface area contributed by atoms with Gasteiger partial charge < -0.3 is 9.80 Å². The van der Waals surface area contributed by atoms with Gasteiger partial charge in [-0.05, 0) is 49.8 Å². The largest absolute Gasteiger partial charge is 0.333 e. The molecule has 0 unspecified atom stereocenters. The molecule has 2 amide bonds. The fourth-order valence-electron chi connectivity index (χ4n) is 3.49. The van der Waals surface area contributed by atoms with E-state index in [-0.39, 0.29) is 30.6 Å². The van der Waals surface area contributed by atoms with Crippen LogP contribution < -0.4 is 0 Å². The Morgan fingerprint density at radius 2 is 1.55 bits per heavy atom. The number of rotatable bonds is 8. The van der Waals surface area contributed by atoms with E-state index in [9.17, 15) is 14.0 Å². The molecular weight excluding hydrogens is 395 g/mol. The van der Waals surface area contributed by atoms with Gasteiger partial charge in [-0.1, -0.05) is 36.4 Å². The number of hydrogen-bond donors (Lipinski definition) is 0. The van der Waals surface area contributed by atoms with Crippen molar-refractivity contribution >= 4 is 17.5 Å². The number of halogens is 1. The Balaban J connectivity index is 1.69. The van der Waals surface area contributed by atoms with Crippen molar-refractivity contribution in [2.75, 3.05) is 20.6 Å². The normalized spacial score (nSPS) is 14.0. The molecule has 7 heteroatoms. The number of amides is 2. The molecule has 0 atom stereocenters. The van der Waals surface area contributed by atoms with E-state index in [1.54, 1.807) is 17.0 Å². The highest BCUT2D eigenvalue weighted by atomic mass is 19.1. The number of hydrogen-bond acceptors (Lipinski definition) is 4. The van der Waals surface area contributed by atoms with Crippen molar-refractivity contribution in [1.29, 1.82) is 0 Å². The highest BCUT2D eigenvalue weighted by Crippen LogP contribution is 2.17. The molecule has 3 rings (SSSR count). The third-order valence-electron chi connectivity index (χ3n) is 5.16. The summed E-state index contributed by atoms with van der Waals surface area (Å²) in [6.07, 6.45) is 0.568. The lowest BCUT2D eigenvalue weighted by atomic mass is 10.1. The molecule has 164 valence electrons. The second kappa shape index (κ2) is 10.3. The molecule has 6 nitrogen and oxygen atoms in total. The molecule has 1 aliphatic heterocycles. The summed E-state index contributed by atoms with van der Waals surface area (Å²) in [5.74, 6) is -0.627. The van der Waals surface area contributed by atoms with Crippen molar-refractivity contribution in [2.45, 2.75) is 39.4 Å². The number of carbonyl (C=O) groups is 2. The molecule has 0 aromatic heterocycles. The molecule has 1 aliphatic rings. The molecule has 0 bridgehead atoms. The summed E-state index contributed by atoms with van der Waals surface area (Å²) in [7, 11) is 4.06. The Morgan fingerprint density at radius 3 is 2.13 bits per heavy atom. The number of nitrogens with zero attached hydrogens (tertiary/aromatic N) is 4. The van der Waals surface area contributed by atoms with E-state index >= 15 is 0 Å². The van der Waals surface area contributed by atoms with Crippen molar-refractivity contribution in [1.82, 2.24) is 14.8 Å². The van der Waals surface area contributed by atoms with E-state index < -0.39 is 0 Å². The van der Waals surface area contributed by atoms with E-state index in [0.29, 0.717) is 25.2 Å². The SMILES string of the molecule is CCN(Cc1ccc(CN(C)C)cc1)C(=O)C1=NN(Cc2ccc(F)cc2)C(=O)CC1. The zero-order chi connectivity index (χ0) is 22.4. The van der Waals surface area contributed by atoms with E-state index in [1.807, 2.05) is 33.2 Å². The van der Waals surface area contributed by atoms with E-state index in [2.05, 4.69) is 22.1 Å². The minimum atomic E-state index is -0.332. The van der Waals surface area contributed by atoms with Crippen molar-refractivity contribution in [2.24, 2.45) is 5.10 Å². The minimum Gasteiger partial charge on any atom is -0.333 e. The van der Waals surface area contributed by atoms with E-state index in [0.717, 1.165) is 17.7 Å². The maximum atomic E-state index is 13.1. The van der Waals surface area contributed by atoms with Gasteiger partial charge in [-0.2, -0.15) is 5.10 Å². The average molecular weight is 425 g/mol. The number of benzene rings is 2. The molecule has 1 heterocycles. The third kappa shape index (κ3) is 6.21. The van der Waals surface area contributed by atoms with Gasteiger partial charge in [0.25, 0.3) is 5.91 Å². The van der Waals surface area contributed by atoms with Gasteiger partial charge in [-0.15, -0.1) is 0 Å². The highest BCUT2D eigenvalue weighted by molar-refractivity contribution is 6.39. The molecule has 0 saturated carbocycles. The van der Waals surface area contributed by atoms with Gasteiger partial charge in [-0.3, -0.25) is 9.59 Å². The van der Waals surface area contributed by atoms with Crippen molar-refractivity contribution in [3.8, 4) is 0 Å². The molecule has 0 aliphatic carbocycles. The topological polar surface area (TPSA) is 56.2 Å². The van der Waals surface area contributed by atoms with Crippen molar-refractivity contribution in [3.05, 3.63) is 71.0 Å². The zero-order valence-corrected chi connectivity index (χ0v) is 18.3. The van der Waals surface area contributed by atoms with Gasteiger partial charge >= 0.3 is 0 Å². The highest BCUT2D eigenvalue weighted by Gasteiger charge is 2.27. The summed E-state index contributed by atoms with van der Waals surface area (Å²) < 4.78 is 13.1. The smallest absolute Gasteiger partial charge is 0.270 e. The lowest BCUT2D eigenvalue weighted by molar-refractivity contribution is -0.132. The van der Waals surface area contributed by atoms with Crippen LogP contribution >= 0.6 is 0 Å².